The Hall–Kier alpha value is -1.58. The molecule has 0 unspecified atom stereocenters. The Balaban J connectivity index is 3.29. The quantitative estimate of drug-likeness (QED) is 0.655. The number of Topliss-reactive ketones (excluding diaryl/α,β-unsaturated/α-hetero) is 1. The summed E-state index contributed by atoms with van der Waals surface area (Å²) in [4.78, 5) is 24.1. The Morgan fingerprint density at radius 1 is 1.50 bits per heavy atom. The van der Waals surface area contributed by atoms with E-state index in [2.05, 4.69) is 4.98 Å². The molecular weight excluding hydrogens is 158 g/mol. The average Bonchev–Trinajstić information content (AvgIpc) is 2.03. The lowest BCUT2D eigenvalue weighted by Gasteiger charge is -2.02. The number of aromatic amines is 1. The highest BCUT2D eigenvalue weighted by atomic mass is 16.5. The molecule has 0 aliphatic heterocycles. The van der Waals surface area contributed by atoms with E-state index in [-0.39, 0.29) is 17.2 Å². The van der Waals surface area contributed by atoms with Crippen LogP contribution in [0, 0.1) is 0 Å². The molecule has 1 aromatic heterocycles. The SMILES string of the molecule is COc1[nH]c(=O)ccc1C(C)=O. The van der Waals surface area contributed by atoms with Gasteiger partial charge in [0.1, 0.15) is 0 Å². The van der Waals surface area contributed by atoms with Gasteiger partial charge in [0.25, 0.3) is 5.56 Å². The Morgan fingerprint density at radius 2 is 2.17 bits per heavy atom. The summed E-state index contributed by atoms with van der Waals surface area (Å²) in [5.74, 6) is 0.0816. The van der Waals surface area contributed by atoms with Crippen molar-refractivity contribution in [3.8, 4) is 5.88 Å². The first-order valence-electron chi connectivity index (χ1n) is 3.43. The molecule has 0 radical (unpaired) electrons. The Morgan fingerprint density at radius 3 is 2.67 bits per heavy atom. The fraction of sp³-hybridized carbons (Fsp3) is 0.250. The van der Waals surface area contributed by atoms with Gasteiger partial charge < -0.3 is 4.74 Å². The third kappa shape index (κ3) is 1.53. The summed E-state index contributed by atoms with van der Waals surface area (Å²) in [6.45, 7) is 1.41. The van der Waals surface area contributed by atoms with Crippen LogP contribution in [0.1, 0.15) is 17.3 Å². The normalized spacial score (nSPS) is 9.50. The minimum Gasteiger partial charge on any atom is -0.482 e. The molecule has 0 aliphatic carbocycles. The van der Waals surface area contributed by atoms with Crippen LogP contribution in [0.15, 0.2) is 16.9 Å². The van der Waals surface area contributed by atoms with Crippen LogP contribution in [-0.2, 0) is 0 Å². The van der Waals surface area contributed by atoms with Gasteiger partial charge in [0, 0.05) is 6.07 Å². The second-order valence-electron chi connectivity index (χ2n) is 2.33. The summed E-state index contributed by atoms with van der Waals surface area (Å²) < 4.78 is 4.81. The smallest absolute Gasteiger partial charge is 0.250 e. The van der Waals surface area contributed by atoms with Crippen LogP contribution in [0.4, 0.5) is 0 Å². The molecule has 64 valence electrons. The summed E-state index contributed by atoms with van der Waals surface area (Å²) in [5.41, 5.74) is 0.106. The Bertz CT molecular complexity index is 354. The molecule has 4 heteroatoms. The maximum atomic E-state index is 10.9. The number of pyridine rings is 1. The van der Waals surface area contributed by atoms with E-state index in [0.29, 0.717) is 5.56 Å². The fourth-order valence-corrected chi connectivity index (χ4v) is 0.894. The van der Waals surface area contributed by atoms with Gasteiger partial charge in [-0.25, -0.2) is 0 Å². The Labute approximate surface area is 69.2 Å². The van der Waals surface area contributed by atoms with E-state index in [4.69, 9.17) is 4.74 Å². The lowest BCUT2D eigenvalue weighted by Crippen LogP contribution is -2.09. The number of ketones is 1. The van der Waals surface area contributed by atoms with Crippen molar-refractivity contribution >= 4 is 5.78 Å². The molecule has 0 bridgehead atoms. The highest BCUT2D eigenvalue weighted by molar-refractivity contribution is 5.96. The average molecular weight is 167 g/mol. The predicted octanol–water partition coefficient (Wildman–Crippen LogP) is 0.586. The summed E-state index contributed by atoms with van der Waals surface area (Å²) in [5, 5.41) is 0. The zero-order chi connectivity index (χ0) is 9.14. The van der Waals surface area contributed by atoms with Crippen LogP contribution in [0.3, 0.4) is 0 Å². The molecule has 0 atom stereocenters. The Kier molecular flexibility index (Phi) is 2.28. The number of nitrogens with one attached hydrogen (secondary N) is 1. The lowest BCUT2D eigenvalue weighted by atomic mass is 10.2. The molecule has 1 rings (SSSR count). The molecule has 4 nitrogen and oxygen atoms in total. The first kappa shape index (κ1) is 8.52. The zero-order valence-electron chi connectivity index (χ0n) is 6.88. The number of aromatic nitrogens is 1. The number of carbonyl (C=O) groups is 1. The number of methoxy groups -OCH3 is 1. The largest absolute Gasteiger partial charge is 0.482 e. The summed E-state index contributed by atoms with van der Waals surface area (Å²) in [6.07, 6.45) is 0. The van der Waals surface area contributed by atoms with Crippen LogP contribution in [0.25, 0.3) is 0 Å². The van der Waals surface area contributed by atoms with Gasteiger partial charge in [-0.15, -0.1) is 0 Å². The van der Waals surface area contributed by atoms with Gasteiger partial charge in [0.2, 0.25) is 5.88 Å². The molecule has 1 N–H and O–H groups in total. The third-order valence-corrected chi connectivity index (χ3v) is 1.47. The second-order valence-corrected chi connectivity index (χ2v) is 2.33. The van der Waals surface area contributed by atoms with Crippen molar-refractivity contribution in [2.75, 3.05) is 7.11 Å². The molecule has 0 amide bonds. The van der Waals surface area contributed by atoms with Crippen molar-refractivity contribution in [3.63, 3.8) is 0 Å². The van der Waals surface area contributed by atoms with E-state index in [1.807, 2.05) is 0 Å². The van der Waals surface area contributed by atoms with Crippen LogP contribution >= 0.6 is 0 Å². The summed E-state index contributed by atoms with van der Waals surface area (Å²) >= 11 is 0. The molecule has 0 aromatic carbocycles. The van der Waals surface area contributed by atoms with Gasteiger partial charge in [-0.05, 0) is 13.0 Å². The van der Waals surface area contributed by atoms with E-state index in [0.717, 1.165) is 0 Å². The minimum atomic E-state index is -0.281. The van der Waals surface area contributed by atoms with Crippen molar-refractivity contribution in [2.45, 2.75) is 6.92 Å². The van der Waals surface area contributed by atoms with Gasteiger partial charge in [-0.2, -0.15) is 0 Å². The van der Waals surface area contributed by atoms with E-state index in [1.54, 1.807) is 0 Å². The lowest BCUT2D eigenvalue weighted by molar-refractivity contribution is 0.101. The number of hydrogen-bond acceptors (Lipinski definition) is 3. The number of ether oxygens (including phenoxy) is 1. The summed E-state index contributed by atoms with van der Waals surface area (Å²) in [6, 6.07) is 2.74. The fourth-order valence-electron chi connectivity index (χ4n) is 0.894. The number of rotatable bonds is 2. The molecule has 0 saturated carbocycles. The van der Waals surface area contributed by atoms with Crippen molar-refractivity contribution in [2.24, 2.45) is 0 Å². The van der Waals surface area contributed by atoms with Gasteiger partial charge >= 0.3 is 0 Å². The number of hydrogen-bond donors (Lipinski definition) is 1. The van der Waals surface area contributed by atoms with Gasteiger partial charge in [-0.1, -0.05) is 0 Å². The molecule has 0 saturated heterocycles. The van der Waals surface area contributed by atoms with E-state index in [9.17, 15) is 9.59 Å². The monoisotopic (exact) mass is 167 g/mol. The van der Waals surface area contributed by atoms with Crippen LogP contribution in [0.2, 0.25) is 0 Å². The number of carbonyl (C=O) groups excluding carboxylic acids is 1. The standard InChI is InChI=1S/C8H9NO3/c1-5(10)6-3-4-7(11)9-8(6)12-2/h3-4H,1-2H3,(H,9,11). The zero-order valence-corrected chi connectivity index (χ0v) is 6.88. The molecule has 1 heterocycles. The van der Waals surface area contributed by atoms with Gasteiger partial charge in [-0.3, -0.25) is 14.6 Å². The van der Waals surface area contributed by atoms with E-state index in [1.165, 1.54) is 26.2 Å². The van der Waals surface area contributed by atoms with Crippen molar-refractivity contribution in [3.05, 3.63) is 28.0 Å². The summed E-state index contributed by atoms with van der Waals surface area (Å²) in [7, 11) is 1.40. The molecule has 1 aromatic rings. The maximum absolute atomic E-state index is 10.9. The van der Waals surface area contributed by atoms with Gasteiger partial charge in [0.05, 0.1) is 12.7 Å². The minimum absolute atomic E-state index is 0.136. The van der Waals surface area contributed by atoms with Crippen LogP contribution in [-0.4, -0.2) is 17.9 Å². The van der Waals surface area contributed by atoms with Crippen molar-refractivity contribution in [1.29, 1.82) is 0 Å². The first-order valence-corrected chi connectivity index (χ1v) is 3.43. The van der Waals surface area contributed by atoms with Crippen molar-refractivity contribution < 1.29 is 9.53 Å². The highest BCUT2D eigenvalue weighted by Gasteiger charge is 2.07. The highest BCUT2D eigenvalue weighted by Crippen LogP contribution is 2.11. The second kappa shape index (κ2) is 3.21. The molecular formula is C8H9NO3. The predicted molar refractivity (Wildman–Crippen MR) is 43.6 cm³/mol. The van der Waals surface area contributed by atoms with Crippen LogP contribution < -0.4 is 10.3 Å². The maximum Gasteiger partial charge on any atom is 0.250 e. The molecule has 12 heavy (non-hydrogen) atoms. The molecule has 0 fully saturated rings. The topological polar surface area (TPSA) is 59.2 Å². The van der Waals surface area contributed by atoms with Crippen molar-refractivity contribution in [1.82, 2.24) is 4.98 Å². The third-order valence-electron chi connectivity index (χ3n) is 1.47. The number of H-pyrrole nitrogens is 1. The first-order chi connectivity index (χ1) is 5.65. The van der Waals surface area contributed by atoms with E-state index < -0.39 is 0 Å². The molecule has 0 spiro atoms. The molecule has 0 aliphatic rings. The van der Waals surface area contributed by atoms with Crippen LogP contribution in [0.5, 0.6) is 5.88 Å². The van der Waals surface area contributed by atoms with E-state index >= 15 is 0 Å². The van der Waals surface area contributed by atoms with Gasteiger partial charge in [0.15, 0.2) is 5.78 Å².